The molecule has 0 radical (unpaired) electrons. The minimum Gasteiger partial charge on any atom is -0.462 e. The highest BCUT2D eigenvalue weighted by Crippen LogP contribution is 2.40. The van der Waals surface area contributed by atoms with Crippen molar-refractivity contribution in [3.8, 4) is 0 Å². The number of esters is 1. The van der Waals surface area contributed by atoms with Crippen LogP contribution in [0.3, 0.4) is 0 Å². The van der Waals surface area contributed by atoms with Crippen LogP contribution in [0.2, 0.25) is 36.3 Å². The van der Waals surface area contributed by atoms with Gasteiger partial charge in [-0.15, -0.1) is 0 Å². The molecule has 2 aromatic carbocycles. The third kappa shape index (κ3) is 19.0. The largest absolute Gasteiger partial charge is 0.534 e. The van der Waals surface area contributed by atoms with Gasteiger partial charge in [0.2, 0.25) is 0 Å². The van der Waals surface area contributed by atoms with Crippen molar-refractivity contribution in [2.24, 2.45) is 5.92 Å². The first kappa shape index (κ1) is 66.9. The summed E-state index contributed by atoms with van der Waals surface area (Å²) in [6.07, 6.45) is -0.308. The number of carbonyl (C=O) groups excluding carboxylic acids is 5. The Labute approximate surface area is 442 Å². The van der Waals surface area contributed by atoms with E-state index >= 15 is 0 Å². The molecule has 18 nitrogen and oxygen atoms in total. The molecule has 0 fully saturated rings. The maximum Gasteiger partial charge on any atom is 0.534 e. The van der Waals surface area contributed by atoms with Gasteiger partial charge in [-0.3, -0.25) is 9.80 Å². The first-order valence-electron chi connectivity index (χ1n) is 23.7. The SMILES string of the molecule is CCC1CN(C(=O)OCc2ccccc2)C(CO[Si](C)(C)C(C)(C)C)C=C1OS(=O)(=O)C(F)(F)F.CCOC(=O)C1=C(OS(=O)(=O)C(F)(F)F)CCN(C(=O)OCc2ccccc2)C1CO[Si](C)(C)C(C)(C)C.O=C=O. The number of nitrogens with zero attached hydrogens (tertiary/aromatic N) is 2. The highest BCUT2D eigenvalue weighted by atomic mass is 32.2. The molecular weight excluding hydrogens is 1090 g/mol. The van der Waals surface area contributed by atoms with E-state index in [0.717, 1.165) is 10.5 Å². The third-order valence-corrected chi connectivity index (χ3v) is 23.8. The fraction of sp³-hybridized carbons (Fsp3) is 0.583. The van der Waals surface area contributed by atoms with Crippen LogP contribution in [0.5, 0.6) is 0 Å². The van der Waals surface area contributed by atoms with Gasteiger partial charge < -0.3 is 31.4 Å². The lowest BCUT2D eigenvalue weighted by Crippen LogP contribution is -2.52. The Hall–Kier alpha value is -5.26. The average Bonchev–Trinajstić information content (AvgIpc) is 3.30. The molecule has 0 N–H and O–H groups in total. The molecular formula is C48H68F6N2O16S2Si2. The fourth-order valence-electron chi connectivity index (χ4n) is 6.42. The molecule has 0 saturated heterocycles. The molecule has 3 atom stereocenters. The van der Waals surface area contributed by atoms with Crippen LogP contribution in [0.15, 0.2) is 83.8 Å². The zero-order chi connectivity index (χ0) is 58.3. The summed E-state index contributed by atoms with van der Waals surface area (Å²) in [5, 5.41) is -0.442. The number of rotatable bonds is 17. The van der Waals surface area contributed by atoms with Gasteiger partial charge in [0.15, 0.2) is 16.6 Å². The number of halogens is 6. The lowest BCUT2D eigenvalue weighted by atomic mass is 9.96. The summed E-state index contributed by atoms with van der Waals surface area (Å²) in [7, 11) is -16.7. The lowest BCUT2D eigenvalue weighted by molar-refractivity contribution is -0.191. The zero-order valence-corrected chi connectivity index (χ0v) is 48.1. The van der Waals surface area contributed by atoms with Crippen molar-refractivity contribution in [3.05, 3.63) is 95.0 Å². The van der Waals surface area contributed by atoms with Crippen LogP contribution in [0.25, 0.3) is 0 Å². The monoisotopic (exact) mass is 1160 g/mol. The zero-order valence-electron chi connectivity index (χ0n) is 44.5. The van der Waals surface area contributed by atoms with Crippen molar-refractivity contribution < 1.29 is 98.6 Å². The Morgan fingerprint density at radius 2 is 1.08 bits per heavy atom. The van der Waals surface area contributed by atoms with Gasteiger partial charge in [-0.1, -0.05) is 109 Å². The molecule has 28 heteroatoms. The Morgan fingerprint density at radius 3 is 1.49 bits per heavy atom. The summed E-state index contributed by atoms with van der Waals surface area (Å²) in [5.74, 6) is -2.98. The summed E-state index contributed by atoms with van der Waals surface area (Å²) in [4.78, 5) is 57.8. The van der Waals surface area contributed by atoms with E-state index in [-0.39, 0.29) is 74.5 Å². The summed E-state index contributed by atoms with van der Waals surface area (Å²) in [5.41, 5.74) is -10.4. The van der Waals surface area contributed by atoms with Gasteiger partial charge >= 0.3 is 55.6 Å². The Kier molecular flexibility index (Phi) is 24.1. The van der Waals surface area contributed by atoms with Gasteiger partial charge in [0.25, 0.3) is 0 Å². The van der Waals surface area contributed by atoms with Crippen LogP contribution < -0.4 is 0 Å². The lowest BCUT2D eigenvalue weighted by Gasteiger charge is -2.41. The number of hydrogen-bond donors (Lipinski definition) is 0. The number of benzene rings is 2. The molecule has 0 bridgehead atoms. The van der Waals surface area contributed by atoms with Gasteiger partial charge in [-0.25, -0.2) is 14.4 Å². The van der Waals surface area contributed by atoms with Crippen molar-refractivity contribution in [1.29, 1.82) is 0 Å². The van der Waals surface area contributed by atoms with Gasteiger partial charge in [0.1, 0.15) is 30.3 Å². The summed E-state index contributed by atoms with van der Waals surface area (Å²) in [6.45, 7) is 22.0. The molecule has 2 aromatic rings. The highest BCUT2D eigenvalue weighted by molar-refractivity contribution is 7.88. The smallest absolute Gasteiger partial charge is 0.462 e. The van der Waals surface area contributed by atoms with E-state index in [1.807, 2.05) is 73.8 Å². The highest BCUT2D eigenvalue weighted by Gasteiger charge is 2.52. The van der Waals surface area contributed by atoms with Crippen LogP contribution in [0, 0.1) is 5.92 Å². The van der Waals surface area contributed by atoms with Gasteiger partial charge in [0.05, 0.1) is 31.9 Å². The van der Waals surface area contributed by atoms with Gasteiger partial charge in [-0.2, -0.15) is 52.8 Å². The van der Waals surface area contributed by atoms with E-state index in [0.29, 0.717) is 5.56 Å². The maximum atomic E-state index is 13.1. The predicted octanol–water partition coefficient (Wildman–Crippen LogP) is 10.3. The Bertz CT molecular complexity index is 2580. The minimum absolute atomic E-state index is 0.0122. The standard InChI is InChI=1S/C24H34F3NO8SSi.C23H34F3NO6SSi.CO2/c1-7-33-21(29)20-18(16-35-38(5,6)23(2,3)4)28(22(30)34-15-17-11-9-8-10-12-17)14-13-19(20)36-37(31,32)24(25,26)27;1-7-18-14-27(21(28)31-15-17-11-9-8-10-12-17)19(16-32-35(5,6)22(2,3)4)13-20(18)33-34(29,30)23(24,25)26;2-1-3/h8-12,18H,7,13-16H2,1-6H3;8-13,18-19H,7,14-16H2,1-6H3;. The summed E-state index contributed by atoms with van der Waals surface area (Å²) in [6, 6.07) is 15.6. The van der Waals surface area contributed by atoms with Gasteiger partial charge in [-0.05, 0) is 66.8 Å². The molecule has 0 aromatic heterocycles. The third-order valence-electron chi connectivity index (χ3n) is 12.8. The van der Waals surface area contributed by atoms with Crippen LogP contribution >= 0.6 is 0 Å². The topological polar surface area (TPSA) is 225 Å². The molecule has 2 aliphatic heterocycles. The molecule has 76 heavy (non-hydrogen) atoms. The normalized spacial score (nSPS) is 17.9. The number of hydrogen-bond acceptors (Lipinski definition) is 16. The minimum atomic E-state index is -6.09. The van der Waals surface area contributed by atoms with E-state index in [1.54, 1.807) is 61.5 Å². The first-order valence-corrected chi connectivity index (χ1v) is 32.3. The molecule has 2 heterocycles. The van der Waals surface area contributed by atoms with E-state index in [1.165, 1.54) is 17.9 Å². The van der Waals surface area contributed by atoms with E-state index in [2.05, 4.69) is 8.37 Å². The second-order valence-electron chi connectivity index (χ2n) is 20.2. The van der Waals surface area contributed by atoms with Crippen molar-refractivity contribution in [1.82, 2.24) is 9.80 Å². The van der Waals surface area contributed by atoms with Crippen LogP contribution in [-0.4, -0.2) is 124 Å². The molecule has 3 unspecified atom stereocenters. The number of alkyl halides is 6. The number of ether oxygens (including phenoxy) is 3. The molecule has 2 amide bonds. The molecule has 0 aliphatic carbocycles. The van der Waals surface area contributed by atoms with Crippen LogP contribution in [-0.2, 0) is 79.3 Å². The molecule has 4 rings (SSSR count). The first-order chi connectivity index (χ1) is 34.8. The van der Waals surface area contributed by atoms with Gasteiger partial charge in [0, 0.05) is 25.4 Å². The molecule has 428 valence electrons. The van der Waals surface area contributed by atoms with E-state index in [4.69, 9.17) is 32.7 Å². The van der Waals surface area contributed by atoms with Crippen molar-refractivity contribution >= 4 is 61.2 Å². The van der Waals surface area contributed by atoms with Crippen molar-refractivity contribution in [2.45, 2.75) is 141 Å². The quantitative estimate of drug-likeness (QED) is 0.0358. The second-order valence-corrected chi connectivity index (χ2v) is 32.9. The second kappa shape index (κ2) is 27.4. The summed E-state index contributed by atoms with van der Waals surface area (Å²) >= 11 is 0. The Morgan fingerprint density at radius 1 is 0.658 bits per heavy atom. The van der Waals surface area contributed by atoms with Crippen LogP contribution in [0.1, 0.15) is 79.4 Å². The number of amides is 2. The van der Waals surface area contributed by atoms with Crippen molar-refractivity contribution in [3.63, 3.8) is 0 Å². The van der Waals surface area contributed by atoms with E-state index < -0.39 is 102 Å². The maximum absolute atomic E-state index is 13.1. The Balaban J connectivity index is 0.000000496. The van der Waals surface area contributed by atoms with E-state index in [9.17, 15) is 57.6 Å². The fourth-order valence-corrected chi connectivity index (χ4v) is 9.52. The number of carbonyl (C=O) groups is 3. The van der Waals surface area contributed by atoms with Crippen molar-refractivity contribution in [2.75, 3.05) is 32.9 Å². The molecule has 0 saturated carbocycles. The predicted molar refractivity (Wildman–Crippen MR) is 268 cm³/mol. The molecule has 2 aliphatic rings. The molecule has 0 spiro atoms. The van der Waals surface area contributed by atoms with Crippen LogP contribution in [0.4, 0.5) is 35.9 Å². The summed E-state index contributed by atoms with van der Waals surface area (Å²) < 4.78 is 162. The average molecular weight is 1160 g/mol.